The molecule has 1 N–H and O–H groups in total. The van der Waals surface area contributed by atoms with Crippen LogP contribution in [0.4, 0.5) is 5.00 Å². The van der Waals surface area contributed by atoms with Gasteiger partial charge in [-0.15, -0.1) is 11.3 Å². The maximum Gasteiger partial charge on any atom is 0.341 e. The summed E-state index contributed by atoms with van der Waals surface area (Å²) in [5.41, 5.74) is 0.628. The zero-order chi connectivity index (χ0) is 23.3. The number of ether oxygens (including phenoxy) is 1. The Morgan fingerprint density at radius 1 is 1.22 bits per heavy atom. The van der Waals surface area contributed by atoms with Crippen molar-refractivity contribution >= 4 is 40.0 Å². The number of hydrogen-bond acceptors (Lipinski definition) is 6. The summed E-state index contributed by atoms with van der Waals surface area (Å²) in [6.45, 7) is 8.30. The zero-order valence-corrected chi connectivity index (χ0v) is 20.2. The van der Waals surface area contributed by atoms with Crippen LogP contribution in [0.1, 0.15) is 80.6 Å². The standard InChI is InChI=1S/C24H32N2O5S/c1-5-31-21(29)18-14-8-6-9-16(14)32-19(18)25-17(27)10-7-13-26-20(28)15-11-12-24(4,22(26)30)23(15,2)3/h15H,5-13H2,1-4H3,(H,25,27). The number of thiophene rings is 1. The van der Waals surface area contributed by atoms with Gasteiger partial charge in [0.25, 0.3) is 0 Å². The minimum Gasteiger partial charge on any atom is -0.462 e. The lowest BCUT2D eigenvalue weighted by Gasteiger charge is -2.47. The van der Waals surface area contributed by atoms with Gasteiger partial charge in [-0.2, -0.15) is 0 Å². The van der Waals surface area contributed by atoms with Crippen LogP contribution in [0.5, 0.6) is 0 Å². The monoisotopic (exact) mass is 460 g/mol. The summed E-state index contributed by atoms with van der Waals surface area (Å²) in [4.78, 5) is 53.7. The fourth-order valence-electron chi connectivity index (χ4n) is 5.61. The Morgan fingerprint density at radius 3 is 2.69 bits per heavy atom. The number of aryl methyl sites for hydroxylation is 1. The molecule has 1 saturated carbocycles. The lowest BCUT2D eigenvalue weighted by atomic mass is 9.62. The SMILES string of the molecule is CCOC(=O)c1c(NC(=O)CCCN2C(=O)C3CCC(C)(C2=O)C3(C)C)sc2c1CCC2. The van der Waals surface area contributed by atoms with Gasteiger partial charge in [0.1, 0.15) is 5.00 Å². The summed E-state index contributed by atoms with van der Waals surface area (Å²) in [5.74, 6) is -0.963. The first kappa shape index (κ1) is 23.0. The molecule has 3 aliphatic rings. The highest BCUT2D eigenvalue weighted by Gasteiger charge is 2.64. The Labute approximate surface area is 192 Å². The third-order valence-electron chi connectivity index (χ3n) is 7.95. The summed E-state index contributed by atoms with van der Waals surface area (Å²) < 4.78 is 5.20. The van der Waals surface area contributed by atoms with Crippen LogP contribution in [0.2, 0.25) is 0 Å². The second-order valence-corrected chi connectivity index (χ2v) is 11.0. The lowest BCUT2D eigenvalue weighted by Crippen LogP contribution is -2.59. The van der Waals surface area contributed by atoms with E-state index in [0.717, 1.165) is 42.5 Å². The van der Waals surface area contributed by atoms with Gasteiger partial charge in [-0.1, -0.05) is 20.8 Å². The Hall–Kier alpha value is -2.22. The first-order valence-corrected chi connectivity index (χ1v) is 12.4. The van der Waals surface area contributed by atoms with Crippen molar-refractivity contribution in [1.82, 2.24) is 4.90 Å². The van der Waals surface area contributed by atoms with E-state index in [9.17, 15) is 19.2 Å². The molecular formula is C24H32N2O5S. The summed E-state index contributed by atoms with van der Waals surface area (Å²) in [7, 11) is 0. The highest BCUT2D eigenvalue weighted by atomic mass is 32.1. The molecule has 4 rings (SSSR count). The van der Waals surface area contributed by atoms with Gasteiger partial charge in [-0.05, 0) is 56.4 Å². The van der Waals surface area contributed by atoms with Gasteiger partial charge < -0.3 is 10.1 Å². The van der Waals surface area contributed by atoms with Crippen LogP contribution in [0, 0.1) is 16.7 Å². The van der Waals surface area contributed by atoms with Crippen molar-refractivity contribution in [3.8, 4) is 0 Å². The third kappa shape index (κ3) is 3.47. The predicted octanol–water partition coefficient (Wildman–Crippen LogP) is 3.94. The first-order valence-electron chi connectivity index (χ1n) is 11.6. The molecule has 2 atom stereocenters. The molecule has 2 aliphatic carbocycles. The molecule has 0 aromatic carbocycles. The molecule has 2 unspecified atom stereocenters. The van der Waals surface area contributed by atoms with Crippen molar-refractivity contribution in [2.24, 2.45) is 16.7 Å². The number of esters is 1. The van der Waals surface area contributed by atoms with Crippen molar-refractivity contribution < 1.29 is 23.9 Å². The van der Waals surface area contributed by atoms with E-state index in [4.69, 9.17) is 4.74 Å². The van der Waals surface area contributed by atoms with E-state index >= 15 is 0 Å². The van der Waals surface area contributed by atoms with Gasteiger partial charge >= 0.3 is 5.97 Å². The number of carbonyl (C=O) groups is 4. The number of carbonyl (C=O) groups excluding carboxylic acids is 4. The topological polar surface area (TPSA) is 92.8 Å². The van der Waals surface area contributed by atoms with Gasteiger partial charge in [-0.25, -0.2) is 4.79 Å². The maximum atomic E-state index is 13.1. The van der Waals surface area contributed by atoms with E-state index in [1.54, 1.807) is 6.92 Å². The van der Waals surface area contributed by atoms with Crippen molar-refractivity contribution in [3.05, 3.63) is 16.0 Å². The summed E-state index contributed by atoms with van der Waals surface area (Å²) in [6, 6.07) is 0. The fraction of sp³-hybridized carbons (Fsp3) is 0.667. The molecule has 1 aliphatic heterocycles. The number of piperidine rings is 1. The first-order chi connectivity index (χ1) is 15.1. The number of hydrogen-bond donors (Lipinski definition) is 1. The number of nitrogens with one attached hydrogen (secondary N) is 1. The number of rotatable bonds is 7. The zero-order valence-electron chi connectivity index (χ0n) is 19.3. The highest BCUT2D eigenvalue weighted by Crippen LogP contribution is 2.60. The fourth-order valence-corrected chi connectivity index (χ4v) is 6.91. The van der Waals surface area contributed by atoms with E-state index in [1.165, 1.54) is 16.2 Å². The van der Waals surface area contributed by atoms with Crippen molar-refractivity contribution in [1.29, 1.82) is 0 Å². The molecule has 7 nitrogen and oxygen atoms in total. The summed E-state index contributed by atoms with van der Waals surface area (Å²) in [6.07, 6.45) is 4.79. The molecule has 0 spiro atoms. The van der Waals surface area contributed by atoms with Gasteiger partial charge in [0, 0.05) is 23.8 Å². The molecule has 1 aromatic rings. The maximum absolute atomic E-state index is 13.1. The molecule has 2 heterocycles. The summed E-state index contributed by atoms with van der Waals surface area (Å²) >= 11 is 1.45. The predicted molar refractivity (Wildman–Crippen MR) is 121 cm³/mol. The number of anilines is 1. The lowest BCUT2D eigenvalue weighted by molar-refractivity contribution is -0.168. The highest BCUT2D eigenvalue weighted by molar-refractivity contribution is 7.17. The molecule has 3 amide bonds. The minimum absolute atomic E-state index is 0.102. The van der Waals surface area contributed by atoms with Crippen LogP contribution < -0.4 is 5.32 Å². The molecule has 2 fully saturated rings. The average Bonchev–Trinajstić information content (AvgIpc) is 3.34. The molecule has 1 aromatic heterocycles. The second kappa shape index (κ2) is 8.28. The Morgan fingerprint density at radius 2 is 1.97 bits per heavy atom. The van der Waals surface area contributed by atoms with Crippen LogP contribution in [0.15, 0.2) is 0 Å². The molecule has 32 heavy (non-hydrogen) atoms. The van der Waals surface area contributed by atoms with Crippen molar-refractivity contribution in [3.63, 3.8) is 0 Å². The molecule has 0 radical (unpaired) electrons. The van der Waals surface area contributed by atoms with Crippen molar-refractivity contribution in [2.75, 3.05) is 18.5 Å². The molecular weight excluding hydrogens is 428 g/mol. The Balaban J connectivity index is 1.38. The van der Waals surface area contributed by atoms with E-state index < -0.39 is 11.4 Å². The van der Waals surface area contributed by atoms with Crippen LogP contribution in [-0.4, -0.2) is 41.7 Å². The van der Waals surface area contributed by atoms with Crippen LogP contribution in [0.25, 0.3) is 0 Å². The van der Waals surface area contributed by atoms with Crippen LogP contribution in [0.3, 0.4) is 0 Å². The largest absolute Gasteiger partial charge is 0.462 e. The minimum atomic E-state index is -0.528. The van der Waals surface area contributed by atoms with Crippen molar-refractivity contribution in [2.45, 2.75) is 72.6 Å². The average molecular weight is 461 g/mol. The second-order valence-electron chi connectivity index (χ2n) is 9.87. The number of likely N-dealkylation sites (tertiary alicyclic amines) is 1. The van der Waals surface area contributed by atoms with Crippen LogP contribution >= 0.6 is 11.3 Å². The molecule has 8 heteroatoms. The van der Waals surface area contributed by atoms with Gasteiger partial charge in [0.15, 0.2) is 0 Å². The molecule has 2 bridgehead atoms. The number of amides is 3. The van der Waals surface area contributed by atoms with E-state index in [-0.39, 0.29) is 48.6 Å². The smallest absolute Gasteiger partial charge is 0.341 e. The third-order valence-corrected chi connectivity index (χ3v) is 9.15. The molecule has 174 valence electrons. The van der Waals surface area contributed by atoms with Gasteiger partial charge in [0.2, 0.25) is 17.7 Å². The number of fused-ring (bicyclic) bond motifs is 3. The molecule has 1 saturated heterocycles. The number of imide groups is 1. The van der Waals surface area contributed by atoms with Gasteiger partial charge in [0.05, 0.1) is 17.6 Å². The Bertz CT molecular complexity index is 981. The normalized spacial score (nSPS) is 25.8. The Kier molecular flexibility index (Phi) is 5.94. The van der Waals surface area contributed by atoms with Crippen LogP contribution in [-0.2, 0) is 32.0 Å². The van der Waals surface area contributed by atoms with E-state index in [0.29, 0.717) is 17.0 Å². The summed E-state index contributed by atoms with van der Waals surface area (Å²) in [5, 5.41) is 3.43. The quantitative estimate of drug-likeness (QED) is 0.491. The van der Waals surface area contributed by atoms with Gasteiger partial charge in [-0.3, -0.25) is 19.3 Å². The van der Waals surface area contributed by atoms with E-state index in [2.05, 4.69) is 5.32 Å². The van der Waals surface area contributed by atoms with E-state index in [1.807, 2.05) is 20.8 Å². The number of nitrogens with zero attached hydrogens (tertiary/aromatic N) is 1.